The van der Waals surface area contributed by atoms with Crippen molar-refractivity contribution in [3.8, 4) is 11.5 Å². The summed E-state index contributed by atoms with van der Waals surface area (Å²) < 4.78 is 51.5. The second-order valence-electron chi connectivity index (χ2n) is 6.48. The maximum Gasteiger partial charge on any atom is 0.416 e. The van der Waals surface area contributed by atoms with Crippen LogP contribution in [0.3, 0.4) is 0 Å². The van der Waals surface area contributed by atoms with Crippen LogP contribution in [0.4, 0.5) is 18.9 Å². The van der Waals surface area contributed by atoms with E-state index in [0.717, 1.165) is 12.1 Å². The molecule has 2 aromatic carbocycles. The number of hydrogen-bond donors (Lipinski definition) is 1. The minimum Gasteiger partial charge on any atom is -0.486 e. The van der Waals surface area contributed by atoms with Gasteiger partial charge in [-0.25, -0.2) is 0 Å². The van der Waals surface area contributed by atoms with E-state index in [9.17, 15) is 18.0 Å². The van der Waals surface area contributed by atoms with Gasteiger partial charge in [-0.2, -0.15) is 18.3 Å². The lowest BCUT2D eigenvalue weighted by atomic mass is 10.1. The Morgan fingerprint density at radius 2 is 1.97 bits per heavy atom. The number of nitrogens with one attached hydrogen (secondary N) is 1. The molecule has 0 saturated heterocycles. The van der Waals surface area contributed by atoms with Crippen LogP contribution < -0.4 is 14.8 Å². The summed E-state index contributed by atoms with van der Waals surface area (Å²) in [6, 6.07) is 11.6. The summed E-state index contributed by atoms with van der Waals surface area (Å²) in [5.74, 6) is 0.675. The Kier molecular flexibility index (Phi) is 4.87. The van der Waals surface area contributed by atoms with Crippen LogP contribution in [-0.2, 0) is 12.7 Å². The first-order valence-corrected chi connectivity index (χ1v) is 8.78. The number of rotatable bonds is 4. The first kappa shape index (κ1) is 18.9. The quantitative estimate of drug-likeness (QED) is 0.715. The van der Waals surface area contributed by atoms with E-state index in [1.807, 2.05) is 24.3 Å². The molecule has 1 N–H and O–H groups in total. The minimum atomic E-state index is -4.51. The number of ether oxygens (including phenoxy) is 2. The van der Waals surface area contributed by atoms with Crippen molar-refractivity contribution in [2.75, 3.05) is 11.9 Å². The van der Waals surface area contributed by atoms with E-state index in [0.29, 0.717) is 30.3 Å². The Morgan fingerprint density at radius 3 is 2.76 bits per heavy atom. The fraction of sp³-hybridized carbons (Fsp3) is 0.200. The molecule has 0 bridgehead atoms. The number of benzene rings is 2. The molecule has 0 saturated carbocycles. The lowest BCUT2D eigenvalue weighted by Crippen LogP contribution is -2.33. The van der Waals surface area contributed by atoms with Crippen LogP contribution in [-0.4, -0.2) is 28.4 Å². The van der Waals surface area contributed by atoms with Gasteiger partial charge in [-0.15, -0.1) is 0 Å². The van der Waals surface area contributed by atoms with Gasteiger partial charge >= 0.3 is 6.18 Å². The molecule has 1 aliphatic heterocycles. The summed E-state index contributed by atoms with van der Waals surface area (Å²) in [4.78, 5) is 12.3. The Morgan fingerprint density at radius 1 is 1.17 bits per heavy atom. The largest absolute Gasteiger partial charge is 0.486 e. The number of aromatic nitrogens is 2. The molecule has 9 heteroatoms. The van der Waals surface area contributed by atoms with E-state index in [4.69, 9.17) is 9.47 Å². The summed E-state index contributed by atoms with van der Waals surface area (Å²) in [5.41, 5.74) is -0.603. The zero-order valence-electron chi connectivity index (χ0n) is 15.0. The molecule has 0 radical (unpaired) electrons. The second kappa shape index (κ2) is 7.50. The van der Waals surface area contributed by atoms with Gasteiger partial charge in [-0.05, 0) is 30.3 Å². The van der Waals surface area contributed by atoms with Crippen molar-refractivity contribution < 1.29 is 27.4 Å². The smallest absolute Gasteiger partial charge is 0.416 e. The van der Waals surface area contributed by atoms with Gasteiger partial charge in [0.2, 0.25) is 0 Å². The first-order chi connectivity index (χ1) is 13.9. The highest BCUT2D eigenvalue weighted by atomic mass is 19.4. The highest BCUT2D eigenvalue weighted by Crippen LogP contribution is 2.31. The van der Waals surface area contributed by atoms with Crippen LogP contribution in [0.25, 0.3) is 0 Å². The highest BCUT2D eigenvalue weighted by Gasteiger charge is 2.31. The van der Waals surface area contributed by atoms with Gasteiger partial charge in [0.05, 0.1) is 24.0 Å². The molecule has 3 aromatic rings. The summed E-state index contributed by atoms with van der Waals surface area (Å²) in [5, 5.41) is 6.70. The fourth-order valence-electron chi connectivity index (χ4n) is 2.93. The van der Waals surface area contributed by atoms with Crippen molar-refractivity contribution in [3.63, 3.8) is 0 Å². The van der Waals surface area contributed by atoms with Crippen molar-refractivity contribution in [3.05, 3.63) is 72.1 Å². The van der Waals surface area contributed by atoms with E-state index in [-0.39, 0.29) is 11.7 Å². The summed E-state index contributed by atoms with van der Waals surface area (Å²) >= 11 is 0. The average molecular weight is 403 g/mol. The molecule has 1 amide bonds. The lowest BCUT2D eigenvalue weighted by molar-refractivity contribution is -0.137. The van der Waals surface area contributed by atoms with Gasteiger partial charge < -0.3 is 14.8 Å². The van der Waals surface area contributed by atoms with Crippen molar-refractivity contribution in [2.24, 2.45) is 0 Å². The molecular formula is C20H16F3N3O3. The number of para-hydroxylation sites is 2. The summed E-state index contributed by atoms with van der Waals surface area (Å²) in [7, 11) is 0. The van der Waals surface area contributed by atoms with Crippen molar-refractivity contribution in [2.45, 2.75) is 18.8 Å². The molecule has 0 spiro atoms. The third-order valence-electron chi connectivity index (χ3n) is 4.30. The Bertz CT molecular complexity index is 1030. The van der Waals surface area contributed by atoms with Gasteiger partial charge in [-0.1, -0.05) is 18.2 Å². The van der Waals surface area contributed by atoms with Crippen LogP contribution >= 0.6 is 0 Å². The van der Waals surface area contributed by atoms with Crippen LogP contribution in [0.2, 0.25) is 0 Å². The highest BCUT2D eigenvalue weighted by molar-refractivity contribution is 6.04. The number of carbonyl (C=O) groups is 1. The van der Waals surface area contributed by atoms with Crippen LogP contribution in [0.5, 0.6) is 11.5 Å². The summed E-state index contributed by atoms with van der Waals surface area (Å²) in [6.45, 7) is 0.733. The molecule has 1 aliphatic rings. The van der Waals surface area contributed by atoms with Crippen LogP contribution in [0.15, 0.2) is 60.9 Å². The predicted molar refractivity (Wildman–Crippen MR) is 98.0 cm³/mol. The van der Waals surface area contributed by atoms with Gasteiger partial charge in [0.15, 0.2) is 17.6 Å². The topological polar surface area (TPSA) is 65.4 Å². The Labute approximate surface area is 163 Å². The lowest BCUT2D eigenvalue weighted by Gasteiger charge is -2.26. The monoisotopic (exact) mass is 403 g/mol. The molecule has 6 nitrogen and oxygen atoms in total. The molecule has 0 aliphatic carbocycles. The minimum absolute atomic E-state index is 0.0896. The maximum absolute atomic E-state index is 12.8. The standard InChI is InChI=1S/C20H16F3N3O3/c21-20(22,23)14-5-3-4-13(8-14)19(27)25-15-9-24-26(10-15)11-16-12-28-17-6-1-2-7-18(17)29-16/h1-10,16H,11-12H2,(H,25,27). The van der Waals surface area contributed by atoms with Gasteiger partial charge in [0, 0.05) is 11.8 Å². The molecule has 29 heavy (non-hydrogen) atoms. The Balaban J connectivity index is 1.39. The fourth-order valence-corrected chi connectivity index (χ4v) is 2.93. The number of amides is 1. The van der Waals surface area contributed by atoms with E-state index in [2.05, 4.69) is 10.4 Å². The molecule has 1 aromatic heterocycles. The SMILES string of the molecule is O=C(Nc1cnn(CC2COc3ccccc3O2)c1)c1cccc(C(F)(F)F)c1. The van der Waals surface area contributed by atoms with E-state index in [1.54, 1.807) is 10.9 Å². The van der Waals surface area contributed by atoms with Gasteiger partial charge in [0.1, 0.15) is 6.61 Å². The summed E-state index contributed by atoms with van der Waals surface area (Å²) in [6.07, 6.45) is -1.78. The molecule has 150 valence electrons. The van der Waals surface area contributed by atoms with Crippen LogP contribution in [0.1, 0.15) is 15.9 Å². The number of hydrogen-bond acceptors (Lipinski definition) is 4. The zero-order chi connectivity index (χ0) is 20.4. The first-order valence-electron chi connectivity index (χ1n) is 8.78. The van der Waals surface area contributed by atoms with Gasteiger partial charge in [-0.3, -0.25) is 9.48 Å². The molecule has 2 heterocycles. The number of anilines is 1. The normalized spacial score (nSPS) is 15.8. The molecule has 0 fully saturated rings. The molecular weight excluding hydrogens is 387 g/mol. The number of nitrogens with zero attached hydrogens (tertiary/aromatic N) is 2. The van der Waals surface area contributed by atoms with E-state index < -0.39 is 17.6 Å². The maximum atomic E-state index is 12.8. The third-order valence-corrected chi connectivity index (χ3v) is 4.30. The number of halogens is 3. The van der Waals surface area contributed by atoms with Crippen LogP contribution in [0, 0.1) is 0 Å². The van der Waals surface area contributed by atoms with Crippen molar-refractivity contribution in [1.29, 1.82) is 0 Å². The molecule has 1 unspecified atom stereocenters. The predicted octanol–water partition coefficient (Wildman–Crippen LogP) is 3.99. The number of fused-ring (bicyclic) bond motifs is 1. The Hall–Kier alpha value is -3.49. The van der Waals surface area contributed by atoms with E-state index >= 15 is 0 Å². The van der Waals surface area contributed by atoms with E-state index in [1.165, 1.54) is 18.3 Å². The van der Waals surface area contributed by atoms with Crippen molar-refractivity contribution >= 4 is 11.6 Å². The average Bonchev–Trinajstić information content (AvgIpc) is 3.14. The number of carbonyl (C=O) groups excluding carboxylic acids is 1. The number of alkyl halides is 3. The zero-order valence-corrected chi connectivity index (χ0v) is 15.0. The van der Waals surface area contributed by atoms with Gasteiger partial charge in [0.25, 0.3) is 5.91 Å². The molecule has 4 rings (SSSR count). The van der Waals surface area contributed by atoms with Crippen molar-refractivity contribution in [1.82, 2.24) is 9.78 Å². The molecule has 1 atom stereocenters. The third kappa shape index (κ3) is 4.34. The second-order valence-corrected chi connectivity index (χ2v) is 6.48.